The molecular weight excluding hydrogens is 476 g/mol. The third kappa shape index (κ3) is 6.02. The van der Waals surface area contributed by atoms with Crippen molar-refractivity contribution >= 4 is 49.3 Å². The van der Waals surface area contributed by atoms with Crippen LogP contribution >= 0.6 is 15.9 Å². The number of rotatable bonds is 9. The number of anilines is 3. The second kappa shape index (κ2) is 9.69. The first kappa shape index (κ1) is 21.7. The monoisotopic (exact) mass is 494 g/mol. The number of nitrogens with one attached hydrogen (secondary N) is 3. The predicted octanol–water partition coefficient (Wildman–Crippen LogP) is 2.46. The number of hydrogen-bond acceptors (Lipinski definition) is 8. The van der Waals surface area contributed by atoms with Crippen LogP contribution in [0, 0.1) is 0 Å². The molecular formula is C18H19BrN6O4S. The average molecular weight is 495 g/mol. The van der Waals surface area contributed by atoms with Gasteiger partial charge in [-0.15, -0.1) is 0 Å². The molecule has 0 aliphatic heterocycles. The highest BCUT2D eigenvalue weighted by atomic mass is 79.9. The summed E-state index contributed by atoms with van der Waals surface area (Å²) in [7, 11) is -3.74. The molecule has 0 aliphatic carbocycles. The zero-order chi connectivity index (χ0) is 21.6. The number of aromatic nitrogens is 2. The van der Waals surface area contributed by atoms with E-state index in [4.69, 9.17) is 9.56 Å². The highest BCUT2D eigenvalue weighted by molar-refractivity contribution is 9.10. The molecule has 12 heteroatoms. The fourth-order valence-electron chi connectivity index (χ4n) is 2.40. The largest absolute Gasteiger partial charge is 0.459 e. The first-order chi connectivity index (χ1) is 14.3. The third-order valence-electron chi connectivity index (χ3n) is 3.86. The summed E-state index contributed by atoms with van der Waals surface area (Å²) < 4.78 is 28.3. The van der Waals surface area contributed by atoms with Crippen molar-refractivity contribution in [3.8, 4) is 0 Å². The zero-order valence-electron chi connectivity index (χ0n) is 15.6. The van der Waals surface area contributed by atoms with Gasteiger partial charge in [-0.2, -0.15) is 4.98 Å². The van der Waals surface area contributed by atoms with Crippen molar-refractivity contribution in [2.75, 3.05) is 23.7 Å². The van der Waals surface area contributed by atoms with Gasteiger partial charge in [-0.3, -0.25) is 4.79 Å². The molecule has 0 saturated heterocycles. The SMILES string of the molecule is NS(=O)(=O)c1ccc(Nc2ncc(Br)c(NCCCNC(=O)c3ccco3)n2)cc1. The molecule has 2 aromatic heterocycles. The molecule has 3 rings (SSSR count). The van der Waals surface area contributed by atoms with Crippen molar-refractivity contribution in [2.45, 2.75) is 11.3 Å². The number of benzene rings is 1. The maximum atomic E-state index is 11.8. The summed E-state index contributed by atoms with van der Waals surface area (Å²) in [5.74, 6) is 0.915. The van der Waals surface area contributed by atoms with Crippen molar-refractivity contribution in [1.29, 1.82) is 0 Å². The molecule has 2 heterocycles. The van der Waals surface area contributed by atoms with Crippen molar-refractivity contribution in [1.82, 2.24) is 15.3 Å². The van der Waals surface area contributed by atoms with Gasteiger partial charge in [0.05, 0.1) is 15.6 Å². The molecule has 1 amide bonds. The highest BCUT2D eigenvalue weighted by Crippen LogP contribution is 2.22. The van der Waals surface area contributed by atoms with Crippen LogP contribution in [0.1, 0.15) is 17.0 Å². The summed E-state index contributed by atoms with van der Waals surface area (Å²) in [6.45, 7) is 1.04. The molecule has 0 unspecified atom stereocenters. The van der Waals surface area contributed by atoms with Crippen LogP contribution in [0.15, 0.2) is 62.6 Å². The molecule has 0 radical (unpaired) electrons. The minimum Gasteiger partial charge on any atom is -0.459 e. The van der Waals surface area contributed by atoms with E-state index < -0.39 is 10.0 Å². The fraction of sp³-hybridized carbons (Fsp3) is 0.167. The van der Waals surface area contributed by atoms with Gasteiger partial charge in [0.1, 0.15) is 5.82 Å². The van der Waals surface area contributed by atoms with Crippen LogP contribution in [0.3, 0.4) is 0 Å². The minimum atomic E-state index is -3.74. The number of primary sulfonamides is 1. The topological polar surface area (TPSA) is 152 Å². The van der Waals surface area contributed by atoms with Crippen molar-refractivity contribution in [3.63, 3.8) is 0 Å². The van der Waals surface area contributed by atoms with E-state index in [1.807, 2.05) is 0 Å². The molecule has 30 heavy (non-hydrogen) atoms. The lowest BCUT2D eigenvalue weighted by molar-refractivity contribution is 0.0926. The van der Waals surface area contributed by atoms with Gasteiger partial charge in [0.15, 0.2) is 5.76 Å². The summed E-state index contributed by atoms with van der Waals surface area (Å²) in [5, 5.41) is 14.0. The first-order valence-electron chi connectivity index (χ1n) is 8.81. The quantitative estimate of drug-likeness (QED) is 0.331. The van der Waals surface area contributed by atoms with Crippen LogP contribution in [-0.2, 0) is 10.0 Å². The second-order valence-electron chi connectivity index (χ2n) is 6.10. The summed E-state index contributed by atoms with van der Waals surface area (Å²) in [6, 6.07) is 9.19. The zero-order valence-corrected chi connectivity index (χ0v) is 18.0. The number of sulfonamides is 1. The van der Waals surface area contributed by atoms with E-state index in [1.165, 1.54) is 18.4 Å². The molecule has 0 fully saturated rings. The van der Waals surface area contributed by atoms with Crippen LogP contribution in [0.5, 0.6) is 0 Å². The summed E-state index contributed by atoms with van der Waals surface area (Å²) in [6.07, 6.45) is 3.71. The lowest BCUT2D eigenvalue weighted by atomic mass is 10.3. The number of hydrogen-bond donors (Lipinski definition) is 4. The number of halogens is 1. The van der Waals surface area contributed by atoms with E-state index >= 15 is 0 Å². The smallest absolute Gasteiger partial charge is 0.286 e. The van der Waals surface area contributed by atoms with E-state index in [0.29, 0.717) is 41.4 Å². The van der Waals surface area contributed by atoms with E-state index in [9.17, 15) is 13.2 Å². The number of carbonyl (C=O) groups is 1. The van der Waals surface area contributed by atoms with Gasteiger partial charge in [0.2, 0.25) is 16.0 Å². The highest BCUT2D eigenvalue weighted by Gasteiger charge is 2.09. The Morgan fingerprint density at radius 2 is 1.93 bits per heavy atom. The van der Waals surface area contributed by atoms with E-state index in [1.54, 1.807) is 30.5 Å². The lowest BCUT2D eigenvalue weighted by Gasteiger charge is -2.11. The Morgan fingerprint density at radius 1 is 1.17 bits per heavy atom. The number of furan rings is 1. The van der Waals surface area contributed by atoms with Crippen molar-refractivity contribution < 1.29 is 17.6 Å². The van der Waals surface area contributed by atoms with Crippen LogP contribution < -0.4 is 21.1 Å². The fourth-order valence-corrected chi connectivity index (χ4v) is 3.25. The molecule has 0 bridgehead atoms. The Hall–Kier alpha value is -2.96. The van der Waals surface area contributed by atoms with Gasteiger partial charge < -0.3 is 20.4 Å². The number of nitrogens with zero attached hydrogens (tertiary/aromatic N) is 2. The maximum Gasteiger partial charge on any atom is 0.286 e. The van der Waals surface area contributed by atoms with Gasteiger partial charge in [0, 0.05) is 25.0 Å². The first-order valence-corrected chi connectivity index (χ1v) is 11.1. The van der Waals surface area contributed by atoms with Crippen molar-refractivity contribution in [3.05, 3.63) is 59.1 Å². The molecule has 0 saturated carbocycles. The second-order valence-corrected chi connectivity index (χ2v) is 8.51. The average Bonchev–Trinajstić information content (AvgIpc) is 3.24. The van der Waals surface area contributed by atoms with E-state index in [0.717, 1.165) is 0 Å². The van der Waals surface area contributed by atoms with Gasteiger partial charge in [-0.05, 0) is 58.7 Å². The maximum absolute atomic E-state index is 11.8. The number of carbonyl (C=O) groups excluding carboxylic acids is 1. The summed E-state index contributed by atoms with van der Waals surface area (Å²) >= 11 is 3.39. The Bertz CT molecular complexity index is 1100. The Labute approximate surface area is 181 Å². The minimum absolute atomic E-state index is 0.0197. The molecule has 0 aliphatic rings. The standard InChI is InChI=1S/C18H19BrN6O4S/c19-14-11-23-18(24-12-4-6-13(7-5-12)30(20,27)28)25-16(14)21-8-2-9-22-17(26)15-3-1-10-29-15/h1,3-7,10-11H,2,8-9H2,(H,22,26)(H2,20,27,28)(H2,21,23,24,25). The van der Waals surface area contributed by atoms with Crippen LogP contribution in [-0.4, -0.2) is 37.4 Å². The van der Waals surface area contributed by atoms with E-state index in [2.05, 4.69) is 41.8 Å². The normalized spacial score (nSPS) is 11.1. The van der Waals surface area contributed by atoms with Gasteiger partial charge >= 0.3 is 0 Å². The van der Waals surface area contributed by atoms with Crippen LogP contribution in [0.25, 0.3) is 0 Å². The molecule has 3 aromatic rings. The van der Waals surface area contributed by atoms with Gasteiger partial charge in [-0.1, -0.05) is 0 Å². The van der Waals surface area contributed by atoms with Crippen LogP contribution in [0.4, 0.5) is 17.5 Å². The Balaban J connectivity index is 1.51. The molecule has 5 N–H and O–H groups in total. The number of nitrogens with two attached hydrogens (primary N) is 1. The number of amides is 1. The van der Waals surface area contributed by atoms with Gasteiger partial charge in [-0.25, -0.2) is 18.5 Å². The third-order valence-corrected chi connectivity index (χ3v) is 5.37. The predicted molar refractivity (Wildman–Crippen MR) is 115 cm³/mol. The molecule has 10 nitrogen and oxygen atoms in total. The molecule has 1 aromatic carbocycles. The van der Waals surface area contributed by atoms with Crippen LogP contribution in [0.2, 0.25) is 0 Å². The van der Waals surface area contributed by atoms with Gasteiger partial charge in [0.25, 0.3) is 5.91 Å². The lowest BCUT2D eigenvalue weighted by Crippen LogP contribution is -2.25. The molecule has 158 valence electrons. The van der Waals surface area contributed by atoms with Crippen molar-refractivity contribution in [2.24, 2.45) is 5.14 Å². The van der Waals surface area contributed by atoms with E-state index in [-0.39, 0.29) is 16.6 Å². The summed E-state index contributed by atoms with van der Waals surface area (Å²) in [4.78, 5) is 20.4. The molecule has 0 spiro atoms. The molecule has 0 atom stereocenters. The Kier molecular flexibility index (Phi) is 7.03. The summed E-state index contributed by atoms with van der Waals surface area (Å²) in [5.41, 5.74) is 0.608. The Morgan fingerprint density at radius 3 is 2.60 bits per heavy atom.